The lowest BCUT2D eigenvalue weighted by Crippen LogP contribution is -2.48. The Bertz CT molecular complexity index is 862. The number of urea groups is 1. The zero-order chi connectivity index (χ0) is 20.6. The van der Waals surface area contributed by atoms with Crippen molar-refractivity contribution in [3.8, 4) is 11.3 Å². The molecule has 29 heavy (non-hydrogen) atoms. The van der Waals surface area contributed by atoms with E-state index in [0.717, 1.165) is 42.2 Å². The highest BCUT2D eigenvalue weighted by molar-refractivity contribution is 5.75. The van der Waals surface area contributed by atoms with Crippen LogP contribution in [-0.2, 0) is 17.2 Å². The molecule has 1 atom stereocenters. The molecule has 0 spiro atoms. The van der Waals surface area contributed by atoms with Crippen LogP contribution in [-0.4, -0.2) is 63.2 Å². The number of pyridine rings is 1. The van der Waals surface area contributed by atoms with Crippen molar-refractivity contribution in [1.29, 1.82) is 0 Å². The molecule has 7 nitrogen and oxygen atoms in total. The summed E-state index contributed by atoms with van der Waals surface area (Å²) in [6.07, 6.45) is 5.89. The maximum Gasteiger partial charge on any atom is 0.320 e. The molecule has 2 fully saturated rings. The minimum absolute atomic E-state index is 0.0194. The Kier molecular flexibility index (Phi) is 5.34. The van der Waals surface area contributed by atoms with Crippen LogP contribution in [0.1, 0.15) is 51.2 Å². The largest absolute Gasteiger partial charge is 0.378 e. The maximum absolute atomic E-state index is 13.1. The normalized spacial score (nSPS) is 20.3. The van der Waals surface area contributed by atoms with E-state index in [4.69, 9.17) is 9.72 Å². The molecule has 0 N–H and O–H groups in total. The van der Waals surface area contributed by atoms with Crippen molar-refractivity contribution in [3.63, 3.8) is 0 Å². The molecule has 0 bridgehead atoms. The van der Waals surface area contributed by atoms with Crippen LogP contribution in [0.2, 0.25) is 0 Å². The van der Waals surface area contributed by atoms with E-state index in [1.165, 1.54) is 0 Å². The number of aromatic nitrogens is 3. The van der Waals surface area contributed by atoms with Crippen LogP contribution in [0.3, 0.4) is 0 Å². The Morgan fingerprint density at radius 3 is 2.59 bits per heavy atom. The predicted octanol–water partition coefficient (Wildman–Crippen LogP) is 3.37. The van der Waals surface area contributed by atoms with Crippen molar-refractivity contribution in [2.75, 3.05) is 32.8 Å². The minimum atomic E-state index is 0.0194. The van der Waals surface area contributed by atoms with Gasteiger partial charge in [-0.1, -0.05) is 20.8 Å². The highest BCUT2D eigenvalue weighted by Crippen LogP contribution is 2.33. The molecule has 0 saturated carbocycles. The second kappa shape index (κ2) is 7.78. The molecule has 0 aromatic carbocycles. The molecule has 2 aromatic heterocycles. The highest BCUT2D eigenvalue weighted by Gasteiger charge is 2.35. The summed E-state index contributed by atoms with van der Waals surface area (Å²) >= 11 is 0. The third kappa shape index (κ3) is 4.01. The first kappa shape index (κ1) is 19.9. The molecule has 0 radical (unpaired) electrons. The lowest BCUT2D eigenvalue weighted by Gasteiger charge is -2.33. The van der Waals surface area contributed by atoms with Crippen molar-refractivity contribution < 1.29 is 9.53 Å². The predicted molar refractivity (Wildman–Crippen MR) is 112 cm³/mol. The lowest BCUT2D eigenvalue weighted by molar-refractivity contribution is 0.0418. The van der Waals surface area contributed by atoms with Crippen molar-refractivity contribution in [3.05, 3.63) is 36.0 Å². The maximum atomic E-state index is 13.1. The molecule has 4 heterocycles. The summed E-state index contributed by atoms with van der Waals surface area (Å²) in [5, 5.41) is 0. The summed E-state index contributed by atoms with van der Waals surface area (Å²) in [5.74, 6) is 0.944. The molecule has 0 aliphatic carbocycles. The van der Waals surface area contributed by atoms with E-state index in [2.05, 4.69) is 42.5 Å². The van der Waals surface area contributed by atoms with E-state index < -0.39 is 0 Å². The second-order valence-electron chi connectivity index (χ2n) is 9.01. The molecule has 4 rings (SSSR count). The Balaban J connectivity index is 1.56. The molecular weight excluding hydrogens is 366 g/mol. The number of aryl methyl sites for hydroxylation is 1. The van der Waals surface area contributed by atoms with E-state index in [-0.39, 0.29) is 17.5 Å². The lowest BCUT2D eigenvalue weighted by atomic mass is 9.91. The number of ether oxygens (including phenoxy) is 1. The first-order chi connectivity index (χ1) is 13.8. The third-order valence-electron chi connectivity index (χ3n) is 5.82. The van der Waals surface area contributed by atoms with Crippen molar-refractivity contribution >= 4 is 6.03 Å². The number of hydrogen-bond acceptors (Lipinski definition) is 4. The quantitative estimate of drug-likeness (QED) is 0.779. The van der Waals surface area contributed by atoms with Crippen molar-refractivity contribution in [2.24, 2.45) is 7.05 Å². The molecule has 156 valence electrons. The Labute approximate surface area is 172 Å². The molecule has 7 heteroatoms. The van der Waals surface area contributed by atoms with E-state index in [1.54, 1.807) is 0 Å². The summed E-state index contributed by atoms with van der Waals surface area (Å²) in [4.78, 5) is 26.5. The fourth-order valence-corrected chi connectivity index (χ4v) is 4.12. The van der Waals surface area contributed by atoms with Crippen LogP contribution >= 0.6 is 0 Å². The molecule has 2 aliphatic rings. The van der Waals surface area contributed by atoms with Gasteiger partial charge < -0.3 is 19.1 Å². The van der Waals surface area contributed by atoms with Gasteiger partial charge in [-0.2, -0.15) is 0 Å². The van der Waals surface area contributed by atoms with Gasteiger partial charge in [-0.25, -0.2) is 9.78 Å². The summed E-state index contributed by atoms with van der Waals surface area (Å²) < 4.78 is 7.45. The fourth-order valence-electron chi connectivity index (χ4n) is 4.12. The summed E-state index contributed by atoms with van der Waals surface area (Å²) in [5.41, 5.74) is 3.00. The van der Waals surface area contributed by atoms with Gasteiger partial charge in [0.2, 0.25) is 0 Å². The average Bonchev–Trinajstić information content (AvgIpc) is 3.34. The molecule has 2 aromatic rings. The van der Waals surface area contributed by atoms with E-state index in [0.29, 0.717) is 26.3 Å². The van der Waals surface area contributed by atoms with Gasteiger partial charge in [0.1, 0.15) is 5.82 Å². The number of hydrogen-bond donors (Lipinski definition) is 0. The molecule has 1 unspecified atom stereocenters. The van der Waals surface area contributed by atoms with Crippen LogP contribution in [0.15, 0.2) is 24.5 Å². The Morgan fingerprint density at radius 2 is 1.93 bits per heavy atom. The van der Waals surface area contributed by atoms with E-state index >= 15 is 0 Å². The smallest absolute Gasteiger partial charge is 0.320 e. The number of imidazole rings is 1. The summed E-state index contributed by atoms with van der Waals surface area (Å²) in [6.45, 7) is 9.84. The first-order valence-corrected chi connectivity index (χ1v) is 10.5. The van der Waals surface area contributed by atoms with Gasteiger partial charge in [0.25, 0.3) is 0 Å². The van der Waals surface area contributed by atoms with Crippen LogP contribution in [0.25, 0.3) is 11.3 Å². The van der Waals surface area contributed by atoms with Gasteiger partial charge in [-0.15, -0.1) is 0 Å². The van der Waals surface area contributed by atoms with Crippen LogP contribution in [0.5, 0.6) is 0 Å². The second-order valence-corrected chi connectivity index (χ2v) is 9.01. The van der Waals surface area contributed by atoms with Crippen LogP contribution in [0, 0.1) is 0 Å². The fraction of sp³-hybridized carbons (Fsp3) is 0.591. The SMILES string of the molecule is Cn1cc(-c2ccc(C(C)(C)C)nc2)nc1C1CCCN1C(=O)N1CCOCC1. The summed E-state index contributed by atoms with van der Waals surface area (Å²) in [6, 6.07) is 4.29. The Morgan fingerprint density at radius 1 is 1.17 bits per heavy atom. The van der Waals surface area contributed by atoms with Crippen LogP contribution < -0.4 is 0 Å². The monoisotopic (exact) mass is 397 g/mol. The van der Waals surface area contributed by atoms with Crippen LogP contribution in [0.4, 0.5) is 4.79 Å². The zero-order valence-electron chi connectivity index (χ0n) is 17.9. The average molecular weight is 398 g/mol. The molecule has 2 saturated heterocycles. The van der Waals surface area contributed by atoms with Gasteiger partial charge in [-0.05, 0) is 25.0 Å². The van der Waals surface area contributed by atoms with Gasteiger partial charge >= 0.3 is 6.03 Å². The van der Waals surface area contributed by atoms with E-state index in [9.17, 15) is 4.79 Å². The number of morpholine rings is 1. The van der Waals surface area contributed by atoms with Gasteiger partial charge in [-0.3, -0.25) is 4.98 Å². The number of likely N-dealkylation sites (tertiary alicyclic amines) is 1. The number of carbonyl (C=O) groups excluding carboxylic acids is 1. The number of amides is 2. The number of rotatable bonds is 2. The third-order valence-corrected chi connectivity index (χ3v) is 5.82. The van der Waals surface area contributed by atoms with E-state index in [1.807, 2.05) is 29.2 Å². The minimum Gasteiger partial charge on any atom is -0.378 e. The summed E-state index contributed by atoms with van der Waals surface area (Å²) in [7, 11) is 2.01. The molecular formula is C22H31N5O2. The molecule has 2 amide bonds. The van der Waals surface area contributed by atoms with Crippen molar-refractivity contribution in [2.45, 2.75) is 45.1 Å². The first-order valence-electron chi connectivity index (χ1n) is 10.5. The number of nitrogens with zero attached hydrogens (tertiary/aromatic N) is 5. The van der Waals surface area contributed by atoms with Gasteiger partial charge in [0.15, 0.2) is 0 Å². The van der Waals surface area contributed by atoms with Gasteiger partial charge in [0.05, 0.1) is 24.9 Å². The number of carbonyl (C=O) groups is 1. The topological polar surface area (TPSA) is 63.5 Å². The standard InChI is InChI=1S/C22H31N5O2/c1-22(2,3)19-8-7-16(14-23-19)17-15-25(4)20(24-17)18-6-5-9-27(18)21(28)26-10-12-29-13-11-26/h7-8,14-15,18H,5-6,9-13H2,1-4H3. The zero-order valence-corrected chi connectivity index (χ0v) is 17.9. The van der Waals surface area contributed by atoms with Gasteiger partial charge in [0, 0.05) is 55.7 Å². The highest BCUT2D eigenvalue weighted by atomic mass is 16.5. The van der Waals surface area contributed by atoms with Crippen molar-refractivity contribution in [1.82, 2.24) is 24.3 Å². The Hall–Kier alpha value is -2.41. The molecule has 2 aliphatic heterocycles.